The lowest BCUT2D eigenvalue weighted by Crippen LogP contribution is -2.23. The third-order valence-corrected chi connectivity index (χ3v) is 5.89. The number of amides is 1. The number of hydrogen-bond acceptors (Lipinski definition) is 5. The van der Waals surface area contributed by atoms with E-state index >= 15 is 0 Å². The molecule has 3 aromatic rings. The first-order valence-corrected chi connectivity index (χ1v) is 10.8. The third kappa shape index (κ3) is 5.30. The molecule has 6 nitrogen and oxygen atoms in total. The zero-order chi connectivity index (χ0) is 23.4. The smallest absolute Gasteiger partial charge is 0.335 e. The van der Waals surface area contributed by atoms with Crippen LogP contribution in [-0.4, -0.2) is 34.1 Å². The van der Waals surface area contributed by atoms with Crippen LogP contribution in [0.1, 0.15) is 21.5 Å². The number of hydrogen-bond donors (Lipinski definition) is 1. The predicted molar refractivity (Wildman–Crippen MR) is 126 cm³/mol. The number of carbonyl (C=O) groups excluding carboxylic acids is 1. The predicted octanol–water partition coefficient (Wildman–Crippen LogP) is 5.34. The molecular weight excluding hydrogens is 443 g/mol. The van der Waals surface area contributed by atoms with Crippen LogP contribution in [0.2, 0.25) is 0 Å². The summed E-state index contributed by atoms with van der Waals surface area (Å²) in [4.78, 5) is 30.2. The highest BCUT2D eigenvalue weighted by atomic mass is 32.2. The lowest BCUT2D eigenvalue weighted by atomic mass is 10.1. The summed E-state index contributed by atoms with van der Waals surface area (Å²) in [6.45, 7) is 0.192. The monoisotopic (exact) mass is 462 g/mol. The minimum atomic E-state index is -1.01. The molecule has 1 fully saturated rings. The van der Waals surface area contributed by atoms with Crippen LogP contribution in [-0.2, 0) is 11.4 Å². The number of aliphatic imine (C=N–C) groups is 1. The number of thioether (sulfide) groups is 1. The van der Waals surface area contributed by atoms with Crippen molar-refractivity contribution < 1.29 is 23.8 Å². The van der Waals surface area contributed by atoms with E-state index in [0.717, 1.165) is 0 Å². The van der Waals surface area contributed by atoms with Crippen LogP contribution >= 0.6 is 11.8 Å². The Bertz CT molecular complexity index is 1270. The molecule has 0 atom stereocenters. The Kier molecular flexibility index (Phi) is 6.55. The van der Waals surface area contributed by atoms with Gasteiger partial charge in [-0.25, -0.2) is 14.2 Å². The molecule has 1 aliphatic rings. The van der Waals surface area contributed by atoms with Gasteiger partial charge in [-0.2, -0.15) is 0 Å². The molecule has 33 heavy (non-hydrogen) atoms. The second-order valence-corrected chi connectivity index (χ2v) is 8.19. The lowest BCUT2D eigenvalue weighted by Gasteiger charge is -2.10. The number of carboxylic acid groups (broad SMARTS) is 1. The first-order valence-electron chi connectivity index (χ1n) is 9.96. The standard InChI is InChI=1S/C25H19FN2O4S/c1-28-23(29)22(33-25(28)27-20-11-9-17(10-12-20)24(30)31)14-18-6-2-3-8-21(18)32-15-16-5-4-7-19(26)13-16/h2-14H,15H2,1H3,(H,30,31). The highest BCUT2D eigenvalue weighted by Crippen LogP contribution is 2.34. The van der Waals surface area contributed by atoms with Gasteiger partial charge in [-0.1, -0.05) is 30.3 Å². The van der Waals surface area contributed by atoms with E-state index in [1.54, 1.807) is 43.5 Å². The number of ether oxygens (including phenoxy) is 1. The number of carbonyl (C=O) groups is 2. The Hall–Kier alpha value is -3.91. The molecule has 0 radical (unpaired) electrons. The average Bonchev–Trinajstić information content (AvgIpc) is 3.06. The molecule has 8 heteroatoms. The van der Waals surface area contributed by atoms with E-state index in [9.17, 15) is 14.0 Å². The molecule has 1 N–H and O–H groups in total. The van der Waals surface area contributed by atoms with E-state index in [2.05, 4.69) is 4.99 Å². The summed E-state index contributed by atoms with van der Waals surface area (Å²) >= 11 is 1.22. The van der Waals surface area contributed by atoms with Gasteiger partial charge in [0.05, 0.1) is 16.2 Å². The molecule has 1 heterocycles. The van der Waals surface area contributed by atoms with E-state index in [0.29, 0.717) is 32.6 Å². The normalized spacial score (nSPS) is 15.9. The molecule has 0 bridgehead atoms. The maximum absolute atomic E-state index is 13.4. The molecule has 0 aliphatic carbocycles. The molecule has 0 spiro atoms. The summed E-state index contributed by atoms with van der Waals surface area (Å²) in [7, 11) is 1.63. The van der Waals surface area contributed by atoms with Crippen molar-refractivity contribution >= 4 is 40.6 Å². The molecule has 1 aliphatic heterocycles. The van der Waals surface area contributed by atoms with Crippen LogP contribution in [0.5, 0.6) is 5.75 Å². The fraction of sp³-hybridized carbons (Fsp3) is 0.0800. The Labute approximate surface area is 194 Å². The summed E-state index contributed by atoms with van der Waals surface area (Å²) in [6.07, 6.45) is 1.74. The van der Waals surface area contributed by atoms with Crippen LogP contribution in [0.25, 0.3) is 6.08 Å². The van der Waals surface area contributed by atoms with Crippen molar-refractivity contribution in [1.29, 1.82) is 0 Å². The molecule has 4 rings (SSSR count). The average molecular weight is 463 g/mol. The summed E-state index contributed by atoms with van der Waals surface area (Å²) < 4.78 is 19.3. The van der Waals surface area contributed by atoms with Crippen molar-refractivity contribution in [3.05, 3.63) is 100 Å². The van der Waals surface area contributed by atoms with Gasteiger partial charge in [0.15, 0.2) is 5.17 Å². The van der Waals surface area contributed by atoms with Crippen LogP contribution in [0.15, 0.2) is 82.7 Å². The van der Waals surface area contributed by atoms with Crippen LogP contribution in [0.3, 0.4) is 0 Å². The number of carboxylic acids is 1. The SMILES string of the molecule is CN1C(=O)C(=Cc2ccccc2OCc2cccc(F)c2)SC1=Nc1ccc(C(=O)O)cc1. The van der Waals surface area contributed by atoms with Gasteiger partial charge in [-0.3, -0.25) is 9.69 Å². The van der Waals surface area contributed by atoms with Gasteiger partial charge in [-0.05, 0) is 65.9 Å². The summed E-state index contributed by atoms with van der Waals surface area (Å²) in [5, 5.41) is 9.50. The van der Waals surface area contributed by atoms with Crippen LogP contribution in [0, 0.1) is 5.82 Å². The highest BCUT2D eigenvalue weighted by molar-refractivity contribution is 8.18. The van der Waals surface area contributed by atoms with Gasteiger partial charge in [0.2, 0.25) is 0 Å². The van der Waals surface area contributed by atoms with Gasteiger partial charge < -0.3 is 9.84 Å². The number of aromatic carboxylic acids is 1. The first-order chi connectivity index (χ1) is 15.9. The van der Waals surface area contributed by atoms with E-state index in [4.69, 9.17) is 9.84 Å². The first kappa shape index (κ1) is 22.3. The quantitative estimate of drug-likeness (QED) is 0.501. The maximum atomic E-state index is 13.4. The Morgan fingerprint density at radius 3 is 2.61 bits per heavy atom. The molecule has 1 amide bonds. The minimum absolute atomic E-state index is 0.165. The summed E-state index contributed by atoms with van der Waals surface area (Å²) in [5.74, 6) is -0.979. The van der Waals surface area contributed by atoms with Crippen molar-refractivity contribution in [2.24, 2.45) is 4.99 Å². The van der Waals surface area contributed by atoms with Gasteiger partial charge in [0.1, 0.15) is 18.2 Å². The fourth-order valence-electron chi connectivity index (χ4n) is 3.10. The van der Waals surface area contributed by atoms with Crippen molar-refractivity contribution in [1.82, 2.24) is 4.90 Å². The van der Waals surface area contributed by atoms with E-state index < -0.39 is 5.97 Å². The molecular formula is C25H19FN2O4S. The molecule has 0 saturated carbocycles. The third-order valence-electron chi connectivity index (χ3n) is 4.83. The Balaban J connectivity index is 1.54. The number of benzene rings is 3. The largest absolute Gasteiger partial charge is 0.488 e. The Morgan fingerprint density at radius 1 is 1.12 bits per heavy atom. The second-order valence-electron chi connectivity index (χ2n) is 7.18. The molecule has 0 aromatic heterocycles. The topological polar surface area (TPSA) is 79.2 Å². The molecule has 0 unspecified atom stereocenters. The maximum Gasteiger partial charge on any atom is 0.335 e. The van der Waals surface area contributed by atoms with E-state index in [1.165, 1.54) is 40.9 Å². The lowest BCUT2D eigenvalue weighted by molar-refractivity contribution is -0.121. The number of rotatable bonds is 6. The number of amidine groups is 1. The van der Waals surface area contributed by atoms with Crippen molar-refractivity contribution in [3.63, 3.8) is 0 Å². The van der Waals surface area contributed by atoms with Crippen LogP contribution < -0.4 is 4.74 Å². The summed E-state index contributed by atoms with van der Waals surface area (Å²) in [6, 6.07) is 19.6. The van der Waals surface area contributed by atoms with Gasteiger partial charge in [0.25, 0.3) is 5.91 Å². The summed E-state index contributed by atoms with van der Waals surface area (Å²) in [5.41, 5.74) is 2.12. The number of likely N-dealkylation sites (N-methyl/N-ethyl adjacent to an activating group) is 1. The van der Waals surface area contributed by atoms with Gasteiger partial charge in [-0.15, -0.1) is 0 Å². The fourth-order valence-corrected chi connectivity index (χ4v) is 4.08. The van der Waals surface area contributed by atoms with Gasteiger partial charge >= 0.3 is 5.97 Å². The van der Waals surface area contributed by atoms with Crippen molar-refractivity contribution in [3.8, 4) is 5.75 Å². The number of halogens is 1. The second kappa shape index (κ2) is 9.70. The molecule has 166 valence electrons. The molecule has 3 aromatic carbocycles. The molecule has 1 saturated heterocycles. The zero-order valence-corrected chi connectivity index (χ0v) is 18.4. The van der Waals surface area contributed by atoms with Crippen molar-refractivity contribution in [2.45, 2.75) is 6.61 Å². The minimum Gasteiger partial charge on any atom is -0.488 e. The van der Waals surface area contributed by atoms with Crippen molar-refractivity contribution in [2.75, 3.05) is 7.05 Å². The van der Waals surface area contributed by atoms with E-state index in [-0.39, 0.29) is 23.9 Å². The number of nitrogens with zero attached hydrogens (tertiary/aromatic N) is 2. The van der Waals surface area contributed by atoms with Gasteiger partial charge in [0, 0.05) is 12.6 Å². The van der Waals surface area contributed by atoms with E-state index in [1.807, 2.05) is 18.2 Å². The number of para-hydroxylation sites is 1. The highest BCUT2D eigenvalue weighted by Gasteiger charge is 2.30. The Morgan fingerprint density at radius 2 is 1.88 bits per heavy atom. The zero-order valence-electron chi connectivity index (χ0n) is 17.6. The van der Waals surface area contributed by atoms with Crippen LogP contribution in [0.4, 0.5) is 10.1 Å².